The summed E-state index contributed by atoms with van der Waals surface area (Å²) in [6.07, 6.45) is 0. The Labute approximate surface area is 178 Å². The lowest BCUT2D eigenvalue weighted by molar-refractivity contribution is 0.0741. The number of rotatable bonds is 4. The van der Waals surface area contributed by atoms with Gasteiger partial charge in [-0.05, 0) is 24.3 Å². The molecule has 4 aromatic rings. The van der Waals surface area contributed by atoms with Gasteiger partial charge in [0.05, 0.1) is 18.5 Å². The zero-order valence-corrected chi connectivity index (χ0v) is 17.5. The zero-order valence-electron chi connectivity index (χ0n) is 16.7. The number of benzene rings is 2. The van der Waals surface area contributed by atoms with Gasteiger partial charge in [0.1, 0.15) is 16.5 Å². The standard InChI is InChI=1S/C23H22N4O2S/c1-29-21-9-5-4-8-20(21)26-10-12-27(13-11-26)23(28)19-15-30-22(25-19)18-14-16-6-2-3-7-17(16)24-18/h2-9,14-15,24H,10-13H2,1H3. The molecule has 1 N–H and O–H groups in total. The van der Waals surface area contributed by atoms with Crippen LogP contribution in [-0.4, -0.2) is 54.1 Å². The molecule has 7 heteroatoms. The van der Waals surface area contributed by atoms with Crippen LogP contribution in [0.4, 0.5) is 5.69 Å². The molecule has 1 fully saturated rings. The molecule has 5 rings (SSSR count). The average Bonchev–Trinajstić information content (AvgIpc) is 3.46. The van der Waals surface area contributed by atoms with Gasteiger partial charge in [0, 0.05) is 42.5 Å². The van der Waals surface area contributed by atoms with Crippen LogP contribution in [0.15, 0.2) is 60.0 Å². The summed E-state index contributed by atoms with van der Waals surface area (Å²) in [7, 11) is 1.69. The quantitative estimate of drug-likeness (QED) is 0.538. The third-order valence-electron chi connectivity index (χ3n) is 5.48. The van der Waals surface area contributed by atoms with Crippen molar-refractivity contribution in [3.05, 3.63) is 65.7 Å². The first-order chi connectivity index (χ1) is 14.7. The van der Waals surface area contributed by atoms with Gasteiger partial charge in [-0.2, -0.15) is 0 Å². The normalized spacial score (nSPS) is 14.3. The number of anilines is 1. The highest BCUT2D eigenvalue weighted by molar-refractivity contribution is 7.13. The summed E-state index contributed by atoms with van der Waals surface area (Å²) in [4.78, 5) is 25.1. The van der Waals surface area contributed by atoms with E-state index >= 15 is 0 Å². The number of aromatic amines is 1. The van der Waals surface area contributed by atoms with Crippen molar-refractivity contribution in [2.45, 2.75) is 0 Å². The number of carbonyl (C=O) groups excluding carboxylic acids is 1. The van der Waals surface area contributed by atoms with Crippen LogP contribution in [0.5, 0.6) is 5.75 Å². The van der Waals surface area contributed by atoms with Gasteiger partial charge in [-0.3, -0.25) is 4.79 Å². The highest BCUT2D eigenvalue weighted by atomic mass is 32.1. The molecule has 0 spiro atoms. The molecule has 152 valence electrons. The molecule has 1 amide bonds. The smallest absolute Gasteiger partial charge is 0.273 e. The largest absolute Gasteiger partial charge is 0.495 e. The second-order valence-corrected chi connectivity index (χ2v) is 8.12. The predicted molar refractivity (Wildman–Crippen MR) is 121 cm³/mol. The minimum atomic E-state index is -0.00622. The molecular weight excluding hydrogens is 396 g/mol. The summed E-state index contributed by atoms with van der Waals surface area (Å²) in [6, 6.07) is 18.2. The number of hydrogen-bond donors (Lipinski definition) is 1. The number of amides is 1. The molecule has 0 radical (unpaired) electrons. The first-order valence-electron chi connectivity index (χ1n) is 9.94. The Kier molecular flexibility index (Phi) is 4.88. The molecule has 6 nitrogen and oxygen atoms in total. The van der Waals surface area contributed by atoms with Gasteiger partial charge in [-0.15, -0.1) is 11.3 Å². The van der Waals surface area contributed by atoms with E-state index in [9.17, 15) is 4.79 Å². The van der Waals surface area contributed by atoms with E-state index in [-0.39, 0.29) is 5.91 Å². The van der Waals surface area contributed by atoms with E-state index in [1.165, 1.54) is 11.3 Å². The molecule has 0 bridgehead atoms. The Balaban J connectivity index is 1.28. The molecule has 2 aromatic heterocycles. The maximum absolute atomic E-state index is 13.0. The molecule has 0 saturated carbocycles. The summed E-state index contributed by atoms with van der Waals surface area (Å²) < 4.78 is 5.47. The molecular formula is C23H22N4O2S. The molecule has 2 aromatic carbocycles. The van der Waals surface area contributed by atoms with Crippen molar-refractivity contribution >= 4 is 33.8 Å². The van der Waals surface area contributed by atoms with Crippen LogP contribution in [0.1, 0.15) is 10.5 Å². The Morgan fingerprint density at radius 1 is 1.07 bits per heavy atom. The molecule has 1 aliphatic rings. The number of para-hydroxylation sites is 3. The van der Waals surface area contributed by atoms with E-state index in [0.717, 1.165) is 46.1 Å². The molecule has 3 heterocycles. The van der Waals surface area contributed by atoms with Gasteiger partial charge in [0.2, 0.25) is 0 Å². The summed E-state index contributed by atoms with van der Waals surface area (Å²) in [6.45, 7) is 2.86. The van der Waals surface area contributed by atoms with E-state index in [2.05, 4.69) is 33.1 Å². The number of aromatic nitrogens is 2. The lowest BCUT2D eigenvalue weighted by Gasteiger charge is -2.36. The van der Waals surface area contributed by atoms with Crippen molar-refractivity contribution < 1.29 is 9.53 Å². The Bertz CT molecular complexity index is 1160. The SMILES string of the molecule is COc1ccccc1N1CCN(C(=O)c2csc(-c3cc4ccccc4[nH]3)n2)CC1. The van der Waals surface area contributed by atoms with Crippen molar-refractivity contribution in [2.75, 3.05) is 38.2 Å². The number of thiazole rings is 1. The fraction of sp³-hybridized carbons (Fsp3) is 0.217. The van der Waals surface area contributed by atoms with Gasteiger partial charge in [-0.1, -0.05) is 30.3 Å². The predicted octanol–water partition coefficient (Wildman–Crippen LogP) is 4.26. The molecule has 30 heavy (non-hydrogen) atoms. The number of carbonyl (C=O) groups is 1. The maximum Gasteiger partial charge on any atom is 0.273 e. The second-order valence-electron chi connectivity index (χ2n) is 7.26. The van der Waals surface area contributed by atoms with Crippen LogP contribution in [0.2, 0.25) is 0 Å². The Hall–Kier alpha value is -3.32. The van der Waals surface area contributed by atoms with Crippen LogP contribution in [-0.2, 0) is 0 Å². The van der Waals surface area contributed by atoms with E-state index < -0.39 is 0 Å². The topological polar surface area (TPSA) is 61.5 Å². The lowest BCUT2D eigenvalue weighted by atomic mass is 10.2. The number of methoxy groups -OCH3 is 1. The van der Waals surface area contributed by atoms with Gasteiger partial charge < -0.3 is 19.5 Å². The van der Waals surface area contributed by atoms with E-state index in [4.69, 9.17) is 4.74 Å². The highest BCUT2D eigenvalue weighted by Gasteiger charge is 2.25. The monoisotopic (exact) mass is 418 g/mol. The first-order valence-corrected chi connectivity index (χ1v) is 10.8. The van der Waals surface area contributed by atoms with Gasteiger partial charge >= 0.3 is 0 Å². The van der Waals surface area contributed by atoms with Gasteiger partial charge in [-0.25, -0.2) is 4.98 Å². The third-order valence-corrected chi connectivity index (χ3v) is 6.35. The van der Waals surface area contributed by atoms with E-state index in [1.54, 1.807) is 7.11 Å². The van der Waals surface area contributed by atoms with Crippen LogP contribution >= 0.6 is 11.3 Å². The molecule has 0 atom stereocenters. The lowest BCUT2D eigenvalue weighted by Crippen LogP contribution is -2.49. The first kappa shape index (κ1) is 18.7. The minimum absolute atomic E-state index is 0.00622. The van der Waals surface area contributed by atoms with E-state index in [1.807, 2.05) is 46.7 Å². The van der Waals surface area contributed by atoms with Crippen molar-refractivity contribution in [3.63, 3.8) is 0 Å². The summed E-state index contributed by atoms with van der Waals surface area (Å²) >= 11 is 1.50. The molecule has 0 aliphatic carbocycles. The summed E-state index contributed by atoms with van der Waals surface area (Å²) in [5, 5.41) is 3.83. The molecule has 1 aliphatic heterocycles. The summed E-state index contributed by atoms with van der Waals surface area (Å²) in [5.74, 6) is 0.855. The van der Waals surface area contributed by atoms with Crippen LogP contribution in [0, 0.1) is 0 Å². The third kappa shape index (κ3) is 3.41. The number of piperazine rings is 1. The fourth-order valence-electron chi connectivity index (χ4n) is 3.89. The molecule has 1 saturated heterocycles. The van der Waals surface area contributed by atoms with Gasteiger partial charge in [0.15, 0.2) is 0 Å². The average molecular weight is 419 g/mol. The summed E-state index contributed by atoms with van der Waals surface area (Å²) in [5.41, 5.74) is 3.60. The van der Waals surface area contributed by atoms with Crippen molar-refractivity contribution in [3.8, 4) is 16.5 Å². The Morgan fingerprint density at radius 3 is 2.63 bits per heavy atom. The zero-order chi connectivity index (χ0) is 20.5. The minimum Gasteiger partial charge on any atom is -0.495 e. The number of ether oxygens (including phenoxy) is 1. The second kappa shape index (κ2) is 7.84. The Morgan fingerprint density at radius 2 is 1.83 bits per heavy atom. The van der Waals surface area contributed by atoms with Crippen molar-refractivity contribution in [2.24, 2.45) is 0 Å². The fourth-order valence-corrected chi connectivity index (χ4v) is 4.65. The maximum atomic E-state index is 13.0. The van der Waals surface area contributed by atoms with Crippen molar-refractivity contribution in [1.29, 1.82) is 0 Å². The highest BCUT2D eigenvalue weighted by Crippen LogP contribution is 2.30. The van der Waals surface area contributed by atoms with Crippen LogP contribution < -0.4 is 9.64 Å². The van der Waals surface area contributed by atoms with E-state index in [0.29, 0.717) is 18.8 Å². The number of fused-ring (bicyclic) bond motifs is 1. The van der Waals surface area contributed by atoms with Crippen LogP contribution in [0.3, 0.4) is 0 Å². The number of H-pyrrole nitrogens is 1. The number of nitrogens with one attached hydrogen (secondary N) is 1. The van der Waals surface area contributed by atoms with Crippen molar-refractivity contribution in [1.82, 2.24) is 14.9 Å². The number of nitrogens with zero attached hydrogens (tertiary/aromatic N) is 3. The number of hydrogen-bond acceptors (Lipinski definition) is 5. The van der Waals surface area contributed by atoms with Crippen LogP contribution in [0.25, 0.3) is 21.6 Å². The van der Waals surface area contributed by atoms with Gasteiger partial charge in [0.25, 0.3) is 5.91 Å². The molecule has 0 unspecified atom stereocenters.